The number of rotatable bonds is 12. The summed E-state index contributed by atoms with van der Waals surface area (Å²) in [5, 5.41) is 0. The summed E-state index contributed by atoms with van der Waals surface area (Å²) in [5.41, 5.74) is 0. The second kappa shape index (κ2) is 13.1. The molecule has 97 valence electrons. The van der Waals surface area contributed by atoms with Crippen molar-refractivity contribution in [2.45, 2.75) is 90.9 Å². The molecule has 0 saturated carbocycles. The molecular formula is C16H33. The molecule has 0 heteroatoms. The zero-order valence-corrected chi connectivity index (χ0v) is 11.8. The highest BCUT2D eigenvalue weighted by Gasteiger charge is 2.01. The molecule has 16 heavy (non-hydrogen) atoms. The van der Waals surface area contributed by atoms with Crippen molar-refractivity contribution in [3.8, 4) is 0 Å². The van der Waals surface area contributed by atoms with E-state index in [1.54, 1.807) is 0 Å². The Kier molecular flexibility index (Phi) is 13.1. The quantitative estimate of drug-likeness (QED) is 0.349. The molecule has 0 aromatic rings. The summed E-state index contributed by atoms with van der Waals surface area (Å²) >= 11 is 0. The fraction of sp³-hybridized carbons (Fsp3) is 0.938. The Morgan fingerprint density at radius 3 is 1.81 bits per heavy atom. The van der Waals surface area contributed by atoms with E-state index in [0.717, 1.165) is 12.3 Å². The van der Waals surface area contributed by atoms with Crippen LogP contribution in [0.15, 0.2) is 0 Å². The maximum Gasteiger partial charge on any atom is -0.0443 e. The van der Waals surface area contributed by atoms with Gasteiger partial charge in [0.15, 0.2) is 0 Å². The van der Waals surface area contributed by atoms with Crippen LogP contribution in [0, 0.1) is 12.8 Å². The molecule has 0 aliphatic heterocycles. The Bertz CT molecular complexity index is 117. The number of hydrogen-bond donors (Lipinski definition) is 0. The Morgan fingerprint density at radius 2 is 1.25 bits per heavy atom. The van der Waals surface area contributed by atoms with Gasteiger partial charge in [0.2, 0.25) is 0 Å². The summed E-state index contributed by atoms with van der Waals surface area (Å²) in [7, 11) is 0. The molecule has 0 heterocycles. The van der Waals surface area contributed by atoms with E-state index < -0.39 is 0 Å². The molecule has 0 aromatic heterocycles. The average Bonchev–Trinajstić information content (AvgIpc) is 2.28. The lowest BCUT2D eigenvalue weighted by molar-refractivity contribution is 0.436. The predicted molar refractivity (Wildman–Crippen MR) is 75.6 cm³/mol. The van der Waals surface area contributed by atoms with Crippen LogP contribution in [0.5, 0.6) is 0 Å². The van der Waals surface area contributed by atoms with E-state index in [9.17, 15) is 0 Å². The Labute approximate surface area is 104 Å². The molecule has 0 aromatic carbocycles. The Morgan fingerprint density at radius 1 is 0.750 bits per heavy atom. The van der Waals surface area contributed by atoms with Gasteiger partial charge in [-0.2, -0.15) is 0 Å². The van der Waals surface area contributed by atoms with Crippen molar-refractivity contribution in [3.63, 3.8) is 0 Å². The van der Waals surface area contributed by atoms with Gasteiger partial charge in [0, 0.05) is 0 Å². The predicted octanol–water partition coefficient (Wildman–Crippen LogP) is 6.16. The van der Waals surface area contributed by atoms with Crippen LogP contribution < -0.4 is 0 Å². The summed E-state index contributed by atoms with van der Waals surface area (Å²) < 4.78 is 0. The summed E-state index contributed by atoms with van der Waals surface area (Å²) in [5.74, 6) is 0.964. The lowest BCUT2D eigenvalue weighted by Crippen LogP contribution is -1.94. The largest absolute Gasteiger partial charge is 0.0654 e. The van der Waals surface area contributed by atoms with E-state index in [-0.39, 0.29) is 0 Å². The normalized spacial score (nSPS) is 12.9. The smallest absolute Gasteiger partial charge is 0.0443 e. The van der Waals surface area contributed by atoms with Gasteiger partial charge in [0.25, 0.3) is 0 Å². The van der Waals surface area contributed by atoms with Gasteiger partial charge in [-0.05, 0) is 5.92 Å². The third kappa shape index (κ3) is 12.1. The lowest BCUT2D eigenvalue weighted by atomic mass is 9.96. The molecule has 0 spiro atoms. The first-order valence-corrected chi connectivity index (χ1v) is 7.60. The maximum atomic E-state index is 3.88. The SMILES string of the molecule is [CH2]CCCCCCCCC(C)CCCCC. The molecule has 0 aliphatic carbocycles. The maximum absolute atomic E-state index is 3.88. The third-order valence-electron chi connectivity index (χ3n) is 3.50. The van der Waals surface area contributed by atoms with Gasteiger partial charge >= 0.3 is 0 Å². The highest BCUT2D eigenvalue weighted by Crippen LogP contribution is 2.17. The molecular weight excluding hydrogens is 192 g/mol. The first-order valence-electron chi connectivity index (χ1n) is 7.60. The second-order valence-corrected chi connectivity index (χ2v) is 5.36. The van der Waals surface area contributed by atoms with Crippen LogP contribution in [0.2, 0.25) is 0 Å². The van der Waals surface area contributed by atoms with E-state index in [0.29, 0.717) is 0 Å². The Hall–Kier alpha value is 0. The third-order valence-corrected chi connectivity index (χ3v) is 3.50. The van der Waals surface area contributed by atoms with Gasteiger partial charge in [-0.25, -0.2) is 0 Å². The van der Waals surface area contributed by atoms with E-state index in [4.69, 9.17) is 0 Å². The van der Waals surface area contributed by atoms with Crippen LogP contribution in [0.1, 0.15) is 90.9 Å². The van der Waals surface area contributed by atoms with Gasteiger partial charge in [-0.3, -0.25) is 0 Å². The van der Waals surface area contributed by atoms with Crippen LogP contribution in [-0.4, -0.2) is 0 Å². The van der Waals surface area contributed by atoms with Crippen molar-refractivity contribution < 1.29 is 0 Å². The van der Waals surface area contributed by atoms with Crippen LogP contribution in [0.3, 0.4) is 0 Å². The van der Waals surface area contributed by atoms with Gasteiger partial charge in [-0.15, -0.1) is 0 Å². The summed E-state index contributed by atoms with van der Waals surface area (Å²) in [6.07, 6.45) is 16.8. The number of hydrogen-bond acceptors (Lipinski definition) is 0. The van der Waals surface area contributed by atoms with E-state index in [2.05, 4.69) is 20.8 Å². The van der Waals surface area contributed by atoms with Crippen molar-refractivity contribution >= 4 is 0 Å². The molecule has 0 N–H and O–H groups in total. The van der Waals surface area contributed by atoms with Gasteiger partial charge in [0.05, 0.1) is 0 Å². The number of unbranched alkanes of at least 4 members (excludes halogenated alkanes) is 8. The minimum Gasteiger partial charge on any atom is -0.0654 e. The first kappa shape index (κ1) is 16.0. The van der Waals surface area contributed by atoms with E-state index in [1.165, 1.54) is 70.6 Å². The highest BCUT2D eigenvalue weighted by molar-refractivity contribution is 4.55. The Balaban J connectivity index is 3.06. The molecule has 0 saturated heterocycles. The van der Waals surface area contributed by atoms with Crippen molar-refractivity contribution in [2.24, 2.45) is 5.92 Å². The summed E-state index contributed by atoms with van der Waals surface area (Å²) in [4.78, 5) is 0. The fourth-order valence-electron chi connectivity index (χ4n) is 2.26. The van der Waals surface area contributed by atoms with Crippen LogP contribution in [0.4, 0.5) is 0 Å². The molecule has 1 atom stereocenters. The van der Waals surface area contributed by atoms with Crippen molar-refractivity contribution in [1.82, 2.24) is 0 Å². The lowest BCUT2D eigenvalue weighted by Gasteiger charge is -2.10. The highest BCUT2D eigenvalue weighted by atomic mass is 14.1. The minimum atomic E-state index is 0.964. The second-order valence-electron chi connectivity index (χ2n) is 5.36. The van der Waals surface area contributed by atoms with Gasteiger partial charge in [0.1, 0.15) is 0 Å². The van der Waals surface area contributed by atoms with Crippen molar-refractivity contribution in [2.75, 3.05) is 0 Å². The topological polar surface area (TPSA) is 0 Å². The summed E-state index contributed by atoms with van der Waals surface area (Å²) in [6.45, 7) is 8.60. The molecule has 1 radical (unpaired) electrons. The molecule has 0 nitrogen and oxygen atoms in total. The molecule has 0 amide bonds. The van der Waals surface area contributed by atoms with E-state index >= 15 is 0 Å². The minimum absolute atomic E-state index is 0.964. The first-order chi connectivity index (χ1) is 7.81. The van der Waals surface area contributed by atoms with Gasteiger partial charge in [-0.1, -0.05) is 97.8 Å². The average molecular weight is 225 g/mol. The summed E-state index contributed by atoms with van der Waals surface area (Å²) in [6, 6.07) is 0. The van der Waals surface area contributed by atoms with Crippen LogP contribution in [-0.2, 0) is 0 Å². The van der Waals surface area contributed by atoms with E-state index in [1.807, 2.05) is 0 Å². The van der Waals surface area contributed by atoms with Crippen LogP contribution >= 0.6 is 0 Å². The molecule has 0 fully saturated rings. The zero-order chi connectivity index (χ0) is 12.1. The molecule has 0 rings (SSSR count). The van der Waals surface area contributed by atoms with Gasteiger partial charge < -0.3 is 0 Å². The molecule has 1 unspecified atom stereocenters. The van der Waals surface area contributed by atoms with Crippen LogP contribution in [0.25, 0.3) is 0 Å². The molecule has 0 aliphatic rings. The molecule has 0 bridgehead atoms. The fourth-order valence-corrected chi connectivity index (χ4v) is 2.26. The van der Waals surface area contributed by atoms with Crippen molar-refractivity contribution in [1.29, 1.82) is 0 Å². The van der Waals surface area contributed by atoms with Crippen molar-refractivity contribution in [3.05, 3.63) is 6.92 Å². The standard InChI is InChI=1S/C16H33/c1-4-6-8-9-10-11-13-15-16(3)14-12-7-5-2/h16H,1,4-15H2,2-3H3. The monoisotopic (exact) mass is 225 g/mol. The zero-order valence-electron chi connectivity index (χ0n) is 11.8.